The SMILES string of the molecule is CC(C)(O)C(C)(C)OB(O)c1cnc(-c2ccco2)nc1N. The molecular weight excluding hydrogens is 285 g/mol. The van der Waals surface area contributed by atoms with Gasteiger partial charge in [-0.15, -0.1) is 0 Å². The van der Waals surface area contributed by atoms with E-state index in [2.05, 4.69) is 9.97 Å². The van der Waals surface area contributed by atoms with Crippen LogP contribution in [0.15, 0.2) is 29.0 Å². The molecule has 0 aliphatic rings. The van der Waals surface area contributed by atoms with E-state index in [1.54, 1.807) is 39.8 Å². The molecule has 0 aliphatic heterocycles. The van der Waals surface area contributed by atoms with Gasteiger partial charge < -0.3 is 24.9 Å². The van der Waals surface area contributed by atoms with E-state index in [1.165, 1.54) is 12.5 Å². The first-order chi connectivity index (χ1) is 10.1. The van der Waals surface area contributed by atoms with Crippen molar-refractivity contribution in [2.24, 2.45) is 0 Å². The molecule has 4 N–H and O–H groups in total. The standard InChI is InChI=1S/C14H20BN3O4/c1-13(2,19)14(3,4)22-15(20)9-8-17-12(18-11(9)16)10-6-5-7-21-10/h5-8,19-20H,1-4H3,(H2,16,17,18). The summed E-state index contributed by atoms with van der Waals surface area (Å²) >= 11 is 0. The first kappa shape index (κ1) is 16.5. The van der Waals surface area contributed by atoms with E-state index < -0.39 is 18.3 Å². The Labute approximate surface area is 129 Å². The summed E-state index contributed by atoms with van der Waals surface area (Å²) in [5.41, 5.74) is 3.93. The largest absolute Gasteiger partial charge is 0.497 e. The first-order valence-corrected chi connectivity index (χ1v) is 6.86. The maximum absolute atomic E-state index is 10.2. The van der Waals surface area contributed by atoms with Crippen molar-refractivity contribution >= 4 is 18.4 Å². The van der Waals surface area contributed by atoms with Crippen LogP contribution in [0.3, 0.4) is 0 Å². The summed E-state index contributed by atoms with van der Waals surface area (Å²) in [6, 6.07) is 3.42. The number of anilines is 1. The highest BCUT2D eigenvalue weighted by molar-refractivity contribution is 6.61. The lowest BCUT2D eigenvalue weighted by molar-refractivity contribution is -0.0982. The van der Waals surface area contributed by atoms with Gasteiger partial charge in [-0.3, -0.25) is 0 Å². The zero-order valence-electron chi connectivity index (χ0n) is 13.1. The van der Waals surface area contributed by atoms with E-state index in [0.717, 1.165) is 0 Å². The lowest BCUT2D eigenvalue weighted by Crippen LogP contribution is -2.53. The van der Waals surface area contributed by atoms with Crippen molar-refractivity contribution in [2.75, 3.05) is 5.73 Å². The van der Waals surface area contributed by atoms with Crippen LogP contribution in [0.1, 0.15) is 27.7 Å². The Hall–Kier alpha value is -1.90. The van der Waals surface area contributed by atoms with Crippen molar-refractivity contribution < 1.29 is 19.2 Å². The summed E-state index contributed by atoms with van der Waals surface area (Å²) in [6.07, 6.45) is 2.89. The average Bonchev–Trinajstić information content (AvgIpc) is 2.90. The monoisotopic (exact) mass is 305 g/mol. The Morgan fingerprint density at radius 3 is 2.50 bits per heavy atom. The van der Waals surface area contributed by atoms with Gasteiger partial charge in [-0.25, -0.2) is 9.97 Å². The Balaban J connectivity index is 2.23. The average molecular weight is 305 g/mol. The van der Waals surface area contributed by atoms with Gasteiger partial charge in [0.2, 0.25) is 0 Å². The molecule has 118 valence electrons. The van der Waals surface area contributed by atoms with Crippen LogP contribution >= 0.6 is 0 Å². The number of hydrogen-bond acceptors (Lipinski definition) is 7. The number of nitrogen functional groups attached to an aromatic ring is 1. The van der Waals surface area contributed by atoms with Crippen LogP contribution in [0.25, 0.3) is 11.6 Å². The third kappa shape index (κ3) is 3.29. The van der Waals surface area contributed by atoms with Gasteiger partial charge in [0.1, 0.15) is 5.82 Å². The Morgan fingerprint density at radius 1 is 1.32 bits per heavy atom. The molecule has 0 fully saturated rings. The zero-order chi connectivity index (χ0) is 16.5. The predicted octanol–water partition coefficient (Wildman–Crippen LogP) is 0.572. The molecule has 2 aromatic rings. The number of aliphatic hydroxyl groups is 1. The highest BCUT2D eigenvalue weighted by atomic mass is 16.5. The van der Waals surface area contributed by atoms with Crippen LogP contribution in [0.4, 0.5) is 5.82 Å². The fourth-order valence-corrected chi connectivity index (χ4v) is 1.61. The minimum atomic E-state index is -1.35. The molecule has 0 amide bonds. The molecule has 0 saturated carbocycles. The first-order valence-electron chi connectivity index (χ1n) is 6.86. The van der Waals surface area contributed by atoms with Crippen LogP contribution in [0, 0.1) is 0 Å². The molecule has 8 heteroatoms. The molecule has 0 aliphatic carbocycles. The van der Waals surface area contributed by atoms with Gasteiger partial charge in [0.05, 0.1) is 17.5 Å². The Morgan fingerprint density at radius 2 is 2.00 bits per heavy atom. The molecule has 0 radical (unpaired) electrons. The van der Waals surface area contributed by atoms with E-state index in [9.17, 15) is 10.1 Å². The van der Waals surface area contributed by atoms with Gasteiger partial charge in [-0.2, -0.15) is 0 Å². The molecule has 0 unspecified atom stereocenters. The van der Waals surface area contributed by atoms with E-state index in [1.807, 2.05) is 0 Å². The maximum Gasteiger partial charge on any atom is 0.497 e. The molecule has 0 bridgehead atoms. The topological polar surface area (TPSA) is 115 Å². The number of nitrogens with zero attached hydrogens (tertiary/aromatic N) is 2. The number of nitrogens with two attached hydrogens (primary N) is 1. The van der Waals surface area contributed by atoms with E-state index >= 15 is 0 Å². The second kappa shape index (κ2) is 5.71. The normalized spacial score (nSPS) is 12.5. The third-order valence-electron chi connectivity index (χ3n) is 3.74. The van der Waals surface area contributed by atoms with E-state index in [0.29, 0.717) is 11.6 Å². The van der Waals surface area contributed by atoms with Crippen molar-refractivity contribution in [3.05, 3.63) is 24.6 Å². The van der Waals surface area contributed by atoms with Crippen molar-refractivity contribution in [3.8, 4) is 11.6 Å². The van der Waals surface area contributed by atoms with E-state index in [4.69, 9.17) is 14.8 Å². The molecule has 0 saturated heterocycles. The van der Waals surface area contributed by atoms with Gasteiger partial charge >= 0.3 is 7.12 Å². The lowest BCUT2D eigenvalue weighted by Gasteiger charge is -2.38. The smallest absolute Gasteiger partial charge is 0.461 e. The summed E-state index contributed by atoms with van der Waals surface area (Å²) in [6.45, 7) is 6.54. The number of rotatable bonds is 5. The van der Waals surface area contributed by atoms with Gasteiger partial charge in [0.15, 0.2) is 11.6 Å². The second-order valence-corrected chi connectivity index (χ2v) is 6.05. The summed E-state index contributed by atoms with van der Waals surface area (Å²) < 4.78 is 10.7. The molecule has 22 heavy (non-hydrogen) atoms. The molecule has 7 nitrogen and oxygen atoms in total. The van der Waals surface area contributed by atoms with Gasteiger partial charge in [-0.1, -0.05) is 0 Å². The highest BCUT2D eigenvalue weighted by Crippen LogP contribution is 2.25. The quantitative estimate of drug-likeness (QED) is 0.692. The molecule has 0 aromatic carbocycles. The van der Waals surface area contributed by atoms with Crippen LogP contribution in [0.2, 0.25) is 0 Å². The van der Waals surface area contributed by atoms with Crippen molar-refractivity contribution in [1.29, 1.82) is 0 Å². The molecular formula is C14H20BN3O4. The summed E-state index contributed by atoms with van der Waals surface area (Å²) in [5, 5.41) is 20.3. The Bertz CT molecular complexity index is 638. The maximum atomic E-state index is 10.2. The van der Waals surface area contributed by atoms with Gasteiger partial charge in [-0.05, 0) is 39.8 Å². The fraction of sp³-hybridized carbons (Fsp3) is 0.429. The van der Waals surface area contributed by atoms with Crippen LogP contribution < -0.4 is 11.2 Å². The predicted molar refractivity (Wildman–Crippen MR) is 83.2 cm³/mol. The summed E-state index contributed by atoms with van der Waals surface area (Å²) in [4.78, 5) is 8.21. The zero-order valence-corrected chi connectivity index (χ0v) is 13.1. The number of furan rings is 1. The van der Waals surface area contributed by atoms with Crippen molar-refractivity contribution in [1.82, 2.24) is 9.97 Å². The van der Waals surface area contributed by atoms with Crippen molar-refractivity contribution in [2.45, 2.75) is 38.9 Å². The molecule has 0 atom stereocenters. The molecule has 2 heterocycles. The number of aromatic nitrogens is 2. The minimum absolute atomic E-state index is 0.0837. The molecule has 2 aromatic heterocycles. The van der Waals surface area contributed by atoms with Crippen LogP contribution in [-0.2, 0) is 4.65 Å². The third-order valence-corrected chi connectivity index (χ3v) is 3.74. The second-order valence-electron chi connectivity index (χ2n) is 6.05. The van der Waals surface area contributed by atoms with Crippen LogP contribution in [-0.4, -0.2) is 38.4 Å². The summed E-state index contributed by atoms with van der Waals surface area (Å²) in [5.74, 6) is 0.881. The van der Waals surface area contributed by atoms with Crippen molar-refractivity contribution in [3.63, 3.8) is 0 Å². The lowest BCUT2D eigenvalue weighted by atomic mass is 9.77. The number of hydrogen-bond donors (Lipinski definition) is 3. The minimum Gasteiger partial charge on any atom is -0.461 e. The fourth-order valence-electron chi connectivity index (χ4n) is 1.61. The van der Waals surface area contributed by atoms with E-state index in [-0.39, 0.29) is 11.3 Å². The van der Waals surface area contributed by atoms with Gasteiger partial charge in [0, 0.05) is 11.7 Å². The Kier molecular flexibility index (Phi) is 4.28. The highest BCUT2D eigenvalue weighted by Gasteiger charge is 2.40. The van der Waals surface area contributed by atoms with Gasteiger partial charge in [0.25, 0.3) is 0 Å². The molecule has 2 rings (SSSR count). The summed E-state index contributed by atoms with van der Waals surface area (Å²) in [7, 11) is -1.35. The molecule has 0 spiro atoms. The van der Waals surface area contributed by atoms with Crippen LogP contribution in [0.5, 0.6) is 0 Å².